The van der Waals surface area contributed by atoms with Gasteiger partial charge in [0.1, 0.15) is 5.82 Å². The predicted molar refractivity (Wildman–Crippen MR) is 136 cm³/mol. The Hall–Kier alpha value is -3.67. The van der Waals surface area contributed by atoms with E-state index in [1.165, 1.54) is 11.1 Å². The first-order chi connectivity index (χ1) is 16.5. The van der Waals surface area contributed by atoms with Crippen molar-refractivity contribution in [3.8, 4) is 11.3 Å². The molecule has 0 spiro atoms. The van der Waals surface area contributed by atoms with Gasteiger partial charge >= 0.3 is 0 Å². The Bertz CT molecular complexity index is 1300. The molecule has 0 aliphatic carbocycles. The Labute approximate surface area is 200 Å². The van der Waals surface area contributed by atoms with E-state index in [1.54, 1.807) is 0 Å². The van der Waals surface area contributed by atoms with Gasteiger partial charge in [-0.2, -0.15) is 9.61 Å². The van der Waals surface area contributed by atoms with Gasteiger partial charge < -0.3 is 10.2 Å². The van der Waals surface area contributed by atoms with Crippen molar-refractivity contribution in [3.63, 3.8) is 0 Å². The summed E-state index contributed by atoms with van der Waals surface area (Å²) >= 11 is 0. The van der Waals surface area contributed by atoms with Crippen molar-refractivity contribution in [1.82, 2.24) is 19.9 Å². The summed E-state index contributed by atoms with van der Waals surface area (Å²) in [4.78, 5) is 19.8. The monoisotopic (exact) mass is 453 g/mol. The van der Waals surface area contributed by atoms with Gasteiger partial charge in [0, 0.05) is 48.9 Å². The highest BCUT2D eigenvalue weighted by Crippen LogP contribution is 2.27. The van der Waals surface area contributed by atoms with Gasteiger partial charge in [0.15, 0.2) is 5.65 Å². The molecule has 34 heavy (non-hydrogen) atoms. The van der Waals surface area contributed by atoms with E-state index in [0.717, 1.165) is 59.9 Å². The van der Waals surface area contributed by atoms with Crippen LogP contribution in [0, 0.1) is 26.7 Å². The maximum absolute atomic E-state index is 12.8. The van der Waals surface area contributed by atoms with Crippen LogP contribution in [0.15, 0.2) is 60.7 Å². The lowest BCUT2D eigenvalue weighted by atomic mass is 9.95. The summed E-state index contributed by atoms with van der Waals surface area (Å²) in [6.07, 6.45) is 1.66. The Morgan fingerprint density at radius 2 is 1.59 bits per heavy atom. The molecule has 2 aromatic carbocycles. The summed E-state index contributed by atoms with van der Waals surface area (Å²) in [7, 11) is 0. The summed E-state index contributed by atoms with van der Waals surface area (Å²) in [5.74, 6) is 1.23. The highest BCUT2D eigenvalue weighted by molar-refractivity contribution is 5.79. The van der Waals surface area contributed by atoms with E-state index in [2.05, 4.69) is 78.7 Å². The Balaban J connectivity index is 1.28. The average Bonchev–Trinajstić information content (AvgIpc) is 3.27. The number of hydrogen-bond donors (Lipinski definition) is 1. The van der Waals surface area contributed by atoms with Gasteiger partial charge in [0.25, 0.3) is 0 Å². The third kappa shape index (κ3) is 4.67. The van der Waals surface area contributed by atoms with Crippen LogP contribution in [0.25, 0.3) is 16.9 Å². The number of amides is 1. The quantitative estimate of drug-likeness (QED) is 0.469. The normalized spacial score (nSPS) is 14.5. The van der Waals surface area contributed by atoms with Crippen LogP contribution in [0.2, 0.25) is 0 Å². The molecular formula is C28H31N5O. The number of nitrogens with zero attached hydrogens (tertiary/aromatic N) is 4. The van der Waals surface area contributed by atoms with Crippen LogP contribution >= 0.6 is 0 Å². The smallest absolute Gasteiger partial charge is 0.223 e. The van der Waals surface area contributed by atoms with Gasteiger partial charge in [-0.05, 0) is 39.2 Å². The van der Waals surface area contributed by atoms with E-state index in [1.807, 2.05) is 17.5 Å². The van der Waals surface area contributed by atoms with Crippen LogP contribution in [0.5, 0.6) is 0 Å². The van der Waals surface area contributed by atoms with Crippen molar-refractivity contribution in [1.29, 1.82) is 0 Å². The number of aromatic nitrogens is 3. The van der Waals surface area contributed by atoms with Crippen LogP contribution in [-0.2, 0) is 11.3 Å². The molecule has 0 radical (unpaired) electrons. The van der Waals surface area contributed by atoms with Gasteiger partial charge in [0.05, 0.1) is 5.69 Å². The Kier molecular flexibility index (Phi) is 6.05. The zero-order chi connectivity index (χ0) is 23.7. The molecule has 0 saturated carbocycles. The first-order valence-corrected chi connectivity index (χ1v) is 12.0. The third-order valence-electron chi connectivity index (χ3n) is 6.66. The maximum atomic E-state index is 12.8. The fraction of sp³-hybridized carbons (Fsp3) is 0.321. The average molecular weight is 454 g/mol. The molecule has 1 saturated heterocycles. The van der Waals surface area contributed by atoms with Crippen LogP contribution in [-0.4, -0.2) is 33.6 Å². The Morgan fingerprint density at radius 1 is 0.941 bits per heavy atom. The third-order valence-corrected chi connectivity index (χ3v) is 6.66. The lowest BCUT2D eigenvalue weighted by molar-refractivity contribution is -0.125. The molecule has 4 aromatic rings. The fourth-order valence-corrected chi connectivity index (χ4v) is 4.58. The van der Waals surface area contributed by atoms with E-state index in [4.69, 9.17) is 10.1 Å². The van der Waals surface area contributed by atoms with Gasteiger partial charge in [-0.1, -0.05) is 59.7 Å². The van der Waals surface area contributed by atoms with E-state index in [0.29, 0.717) is 6.54 Å². The van der Waals surface area contributed by atoms with Crippen LogP contribution in [0.4, 0.5) is 5.82 Å². The number of aryl methyl sites for hydroxylation is 3. The number of carbonyl (C=O) groups excluding carboxylic acids is 1. The molecule has 5 rings (SSSR count). The van der Waals surface area contributed by atoms with Gasteiger partial charge in [-0.15, -0.1) is 0 Å². The van der Waals surface area contributed by atoms with E-state index in [-0.39, 0.29) is 11.8 Å². The molecular weight excluding hydrogens is 422 g/mol. The topological polar surface area (TPSA) is 62.5 Å². The van der Waals surface area contributed by atoms with Crippen molar-refractivity contribution in [3.05, 3.63) is 83.0 Å². The first-order valence-electron chi connectivity index (χ1n) is 12.0. The standard InChI is InChI=1S/C28H31N5O/c1-19-4-8-22(9-5-19)18-29-28(34)24-12-14-32(15-13-24)27-16-21(3)30-26-17-25(31-33(26)27)23-10-6-20(2)7-11-23/h4-11,16-17,24H,12-15,18H2,1-3H3,(H,29,34). The molecule has 2 aromatic heterocycles. The van der Waals surface area contributed by atoms with E-state index < -0.39 is 0 Å². The van der Waals surface area contributed by atoms with Crippen molar-refractivity contribution in [2.75, 3.05) is 18.0 Å². The van der Waals surface area contributed by atoms with Crippen molar-refractivity contribution >= 4 is 17.4 Å². The Morgan fingerprint density at radius 3 is 2.26 bits per heavy atom. The van der Waals surface area contributed by atoms with E-state index >= 15 is 0 Å². The number of rotatable bonds is 5. The molecule has 0 bridgehead atoms. The summed E-state index contributed by atoms with van der Waals surface area (Å²) in [5.41, 5.74) is 7.42. The van der Waals surface area contributed by atoms with Crippen LogP contribution < -0.4 is 10.2 Å². The van der Waals surface area contributed by atoms with Gasteiger partial charge in [-0.3, -0.25) is 4.79 Å². The van der Waals surface area contributed by atoms with Crippen LogP contribution in [0.3, 0.4) is 0 Å². The highest BCUT2D eigenvalue weighted by atomic mass is 16.1. The molecule has 3 heterocycles. The van der Waals surface area contributed by atoms with Gasteiger partial charge in [0.2, 0.25) is 5.91 Å². The molecule has 1 aliphatic rings. The number of piperidine rings is 1. The number of carbonyl (C=O) groups is 1. The maximum Gasteiger partial charge on any atom is 0.223 e. The summed E-state index contributed by atoms with van der Waals surface area (Å²) in [6, 6.07) is 20.9. The molecule has 0 atom stereocenters. The molecule has 174 valence electrons. The summed E-state index contributed by atoms with van der Waals surface area (Å²) < 4.78 is 1.94. The minimum atomic E-state index is 0.0425. The lowest BCUT2D eigenvalue weighted by Crippen LogP contribution is -2.41. The summed E-state index contributed by atoms with van der Waals surface area (Å²) in [5, 5.41) is 8.01. The van der Waals surface area contributed by atoms with Gasteiger partial charge in [-0.25, -0.2) is 4.98 Å². The number of benzene rings is 2. The van der Waals surface area contributed by atoms with Crippen molar-refractivity contribution in [2.24, 2.45) is 5.92 Å². The number of hydrogen-bond acceptors (Lipinski definition) is 4. The SMILES string of the molecule is Cc1ccc(CNC(=O)C2CCN(c3cc(C)nc4cc(-c5ccc(C)cc5)nn34)CC2)cc1. The minimum absolute atomic E-state index is 0.0425. The fourth-order valence-electron chi connectivity index (χ4n) is 4.58. The predicted octanol–water partition coefficient (Wildman–Crippen LogP) is 4.85. The number of nitrogens with one attached hydrogen (secondary N) is 1. The zero-order valence-electron chi connectivity index (χ0n) is 20.1. The second-order valence-electron chi connectivity index (χ2n) is 9.39. The van der Waals surface area contributed by atoms with Crippen molar-refractivity contribution in [2.45, 2.75) is 40.2 Å². The van der Waals surface area contributed by atoms with E-state index in [9.17, 15) is 4.79 Å². The molecule has 1 N–H and O–H groups in total. The highest BCUT2D eigenvalue weighted by Gasteiger charge is 2.26. The molecule has 1 amide bonds. The lowest BCUT2D eigenvalue weighted by Gasteiger charge is -2.33. The number of fused-ring (bicyclic) bond motifs is 1. The zero-order valence-corrected chi connectivity index (χ0v) is 20.1. The van der Waals surface area contributed by atoms with Crippen molar-refractivity contribution < 1.29 is 4.79 Å². The number of anilines is 1. The van der Waals surface area contributed by atoms with Crippen LogP contribution in [0.1, 0.15) is 35.2 Å². The first kappa shape index (κ1) is 22.1. The second-order valence-corrected chi connectivity index (χ2v) is 9.39. The molecule has 0 unspecified atom stereocenters. The minimum Gasteiger partial charge on any atom is -0.356 e. The summed E-state index contributed by atoms with van der Waals surface area (Å²) in [6.45, 7) is 8.40. The molecule has 1 fully saturated rings. The second kappa shape index (κ2) is 9.29. The molecule has 6 heteroatoms. The largest absolute Gasteiger partial charge is 0.356 e. The molecule has 1 aliphatic heterocycles. The molecule has 6 nitrogen and oxygen atoms in total.